The zero-order chi connectivity index (χ0) is 17.9. The predicted octanol–water partition coefficient (Wildman–Crippen LogP) is 3.56. The average Bonchev–Trinajstić information content (AvgIpc) is 3.13. The number of carbonyl (C=O) groups is 1. The minimum Gasteiger partial charge on any atom is -0.497 e. The van der Waals surface area contributed by atoms with E-state index in [0.29, 0.717) is 5.91 Å². The van der Waals surface area contributed by atoms with E-state index < -0.39 is 0 Å². The highest BCUT2D eigenvalue weighted by atomic mass is 16.5. The second-order valence-corrected chi connectivity index (χ2v) is 8.45. The molecule has 2 atom stereocenters. The molecule has 1 aliphatic carbocycles. The van der Waals surface area contributed by atoms with Gasteiger partial charge in [0.1, 0.15) is 5.75 Å². The second-order valence-electron chi connectivity index (χ2n) is 8.45. The zero-order valence-electron chi connectivity index (χ0n) is 16.0. The van der Waals surface area contributed by atoms with Crippen molar-refractivity contribution < 1.29 is 9.53 Å². The van der Waals surface area contributed by atoms with Gasteiger partial charge in [0.25, 0.3) is 0 Å². The third-order valence-electron chi connectivity index (χ3n) is 6.79. The van der Waals surface area contributed by atoms with Gasteiger partial charge in [0.2, 0.25) is 5.91 Å². The lowest BCUT2D eigenvalue weighted by atomic mass is 9.82. The summed E-state index contributed by atoms with van der Waals surface area (Å²) in [5, 5.41) is 0. The first kappa shape index (κ1) is 17.8. The molecule has 4 heteroatoms. The van der Waals surface area contributed by atoms with Crippen molar-refractivity contribution in [1.82, 2.24) is 9.80 Å². The van der Waals surface area contributed by atoms with Crippen LogP contribution in [0, 0.1) is 17.8 Å². The predicted molar refractivity (Wildman–Crippen MR) is 103 cm³/mol. The van der Waals surface area contributed by atoms with Crippen molar-refractivity contribution in [2.75, 3.05) is 33.3 Å². The number of hydrogen-bond donors (Lipinski definition) is 0. The normalized spacial score (nSPS) is 27.3. The molecule has 1 saturated carbocycles. The number of likely N-dealkylation sites (tertiary alicyclic amines) is 2. The van der Waals surface area contributed by atoms with Crippen molar-refractivity contribution in [2.24, 2.45) is 17.8 Å². The molecule has 1 amide bonds. The van der Waals surface area contributed by atoms with Gasteiger partial charge in [-0.25, -0.2) is 0 Å². The number of hydrogen-bond acceptors (Lipinski definition) is 3. The summed E-state index contributed by atoms with van der Waals surface area (Å²) >= 11 is 0. The lowest BCUT2D eigenvalue weighted by Crippen LogP contribution is -2.41. The van der Waals surface area contributed by atoms with Gasteiger partial charge < -0.3 is 9.64 Å². The van der Waals surface area contributed by atoms with Crippen molar-refractivity contribution >= 4 is 5.91 Å². The highest BCUT2D eigenvalue weighted by Gasteiger charge is 2.38. The third kappa shape index (κ3) is 3.90. The van der Waals surface area contributed by atoms with Crippen molar-refractivity contribution in [3.8, 4) is 5.75 Å². The molecule has 3 aliphatic rings. The molecule has 2 saturated heterocycles. The quantitative estimate of drug-likeness (QED) is 0.827. The molecule has 0 bridgehead atoms. The van der Waals surface area contributed by atoms with E-state index in [2.05, 4.69) is 21.9 Å². The molecule has 0 N–H and O–H groups in total. The number of rotatable bonds is 4. The van der Waals surface area contributed by atoms with E-state index in [1.165, 1.54) is 31.2 Å². The van der Waals surface area contributed by atoms with E-state index in [1.54, 1.807) is 7.11 Å². The van der Waals surface area contributed by atoms with Gasteiger partial charge in [-0.15, -0.1) is 0 Å². The van der Waals surface area contributed by atoms with E-state index in [1.807, 2.05) is 12.1 Å². The van der Waals surface area contributed by atoms with Crippen LogP contribution in [-0.4, -0.2) is 49.0 Å². The van der Waals surface area contributed by atoms with Gasteiger partial charge in [-0.2, -0.15) is 0 Å². The number of methoxy groups -OCH3 is 1. The van der Waals surface area contributed by atoms with Gasteiger partial charge >= 0.3 is 0 Å². The summed E-state index contributed by atoms with van der Waals surface area (Å²) in [6, 6.07) is 8.33. The smallest absolute Gasteiger partial charge is 0.225 e. The Morgan fingerprint density at radius 3 is 2.19 bits per heavy atom. The molecule has 26 heavy (non-hydrogen) atoms. The molecule has 2 unspecified atom stereocenters. The highest BCUT2D eigenvalue weighted by molar-refractivity contribution is 5.79. The van der Waals surface area contributed by atoms with E-state index in [-0.39, 0.29) is 5.92 Å². The van der Waals surface area contributed by atoms with Crippen LogP contribution >= 0.6 is 0 Å². The van der Waals surface area contributed by atoms with Crippen LogP contribution in [0.5, 0.6) is 5.75 Å². The number of nitrogens with zero attached hydrogens (tertiary/aromatic N) is 2. The minimum absolute atomic E-state index is 0.252. The Morgan fingerprint density at radius 2 is 1.62 bits per heavy atom. The molecule has 4 rings (SSSR count). The Morgan fingerprint density at radius 1 is 1.00 bits per heavy atom. The Bertz CT molecular complexity index is 593. The third-order valence-corrected chi connectivity index (χ3v) is 6.79. The van der Waals surface area contributed by atoms with E-state index in [4.69, 9.17) is 4.74 Å². The summed E-state index contributed by atoms with van der Waals surface area (Å²) in [5.74, 6) is 3.20. The van der Waals surface area contributed by atoms with Gasteiger partial charge in [-0.3, -0.25) is 9.69 Å². The Balaban J connectivity index is 1.26. The maximum atomic E-state index is 13.0. The number of fused-ring (bicyclic) bond motifs is 1. The fourth-order valence-electron chi connectivity index (χ4n) is 5.17. The first-order valence-electron chi connectivity index (χ1n) is 10.4. The monoisotopic (exact) mass is 356 g/mol. The highest BCUT2D eigenvalue weighted by Crippen LogP contribution is 2.37. The fraction of sp³-hybridized carbons (Fsp3) is 0.682. The fourth-order valence-corrected chi connectivity index (χ4v) is 5.17. The molecule has 1 aromatic carbocycles. The summed E-state index contributed by atoms with van der Waals surface area (Å²) in [6.07, 6.45) is 7.45. The summed E-state index contributed by atoms with van der Waals surface area (Å²) in [7, 11) is 1.70. The lowest BCUT2D eigenvalue weighted by Gasteiger charge is -2.33. The summed E-state index contributed by atoms with van der Waals surface area (Å²) in [6.45, 7) is 5.11. The average molecular weight is 357 g/mol. The molecule has 0 spiro atoms. The number of piperidine rings is 1. The van der Waals surface area contributed by atoms with E-state index >= 15 is 0 Å². The zero-order valence-corrected chi connectivity index (χ0v) is 16.0. The van der Waals surface area contributed by atoms with E-state index in [0.717, 1.165) is 63.2 Å². The maximum absolute atomic E-state index is 13.0. The van der Waals surface area contributed by atoms with Gasteiger partial charge in [-0.1, -0.05) is 25.0 Å². The number of carbonyl (C=O) groups excluding carboxylic acids is 1. The molecule has 3 fully saturated rings. The lowest BCUT2D eigenvalue weighted by molar-refractivity contribution is -0.136. The second kappa shape index (κ2) is 7.99. The Hall–Kier alpha value is -1.55. The first-order valence-corrected chi connectivity index (χ1v) is 10.4. The molecule has 0 aromatic heterocycles. The summed E-state index contributed by atoms with van der Waals surface area (Å²) < 4.78 is 5.23. The van der Waals surface area contributed by atoms with E-state index in [9.17, 15) is 4.79 Å². The molecule has 2 aliphatic heterocycles. The topological polar surface area (TPSA) is 32.8 Å². The molecular weight excluding hydrogens is 324 g/mol. The molecule has 142 valence electrons. The van der Waals surface area contributed by atoms with Crippen LogP contribution < -0.4 is 4.74 Å². The minimum atomic E-state index is 0.252. The van der Waals surface area contributed by atoms with Crippen LogP contribution in [0.4, 0.5) is 0 Å². The van der Waals surface area contributed by atoms with Gasteiger partial charge in [-0.05, 0) is 68.3 Å². The van der Waals surface area contributed by atoms with Crippen LogP contribution in [0.2, 0.25) is 0 Å². The van der Waals surface area contributed by atoms with Crippen molar-refractivity contribution in [3.05, 3.63) is 29.8 Å². The number of ether oxygens (including phenoxy) is 1. The van der Waals surface area contributed by atoms with Gasteiger partial charge in [0.15, 0.2) is 0 Å². The summed E-state index contributed by atoms with van der Waals surface area (Å²) in [4.78, 5) is 17.7. The van der Waals surface area contributed by atoms with Crippen LogP contribution in [0.3, 0.4) is 0 Å². The molecular formula is C22H32N2O2. The van der Waals surface area contributed by atoms with Crippen LogP contribution in [0.25, 0.3) is 0 Å². The molecule has 0 radical (unpaired) electrons. The van der Waals surface area contributed by atoms with Crippen LogP contribution in [-0.2, 0) is 11.3 Å². The molecule has 1 aromatic rings. The van der Waals surface area contributed by atoms with Crippen LogP contribution in [0.1, 0.15) is 44.1 Å². The molecule has 2 heterocycles. The number of amides is 1. The van der Waals surface area contributed by atoms with Gasteiger partial charge in [0.05, 0.1) is 7.11 Å². The molecule has 4 nitrogen and oxygen atoms in total. The number of benzene rings is 1. The van der Waals surface area contributed by atoms with Crippen LogP contribution in [0.15, 0.2) is 24.3 Å². The van der Waals surface area contributed by atoms with Gasteiger partial charge in [0, 0.05) is 25.6 Å². The van der Waals surface area contributed by atoms with Crippen molar-refractivity contribution in [1.29, 1.82) is 0 Å². The van der Waals surface area contributed by atoms with Crippen molar-refractivity contribution in [3.63, 3.8) is 0 Å². The SMILES string of the molecule is COc1ccc(CN2CCC(C(=O)N3CC4CCCCC4C3)CC2)cc1. The summed E-state index contributed by atoms with van der Waals surface area (Å²) in [5.41, 5.74) is 1.32. The maximum Gasteiger partial charge on any atom is 0.225 e. The first-order chi connectivity index (χ1) is 12.7. The standard InChI is InChI=1S/C22H32N2O2/c1-26-21-8-6-17(7-9-21)14-23-12-10-18(11-13-23)22(25)24-15-19-4-2-3-5-20(19)16-24/h6-9,18-20H,2-5,10-16H2,1H3. The Kier molecular flexibility index (Phi) is 5.49. The Labute approximate surface area is 157 Å². The van der Waals surface area contributed by atoms with Crippen molar-refractivity contribution in [2.45, 2.75) is 45.1 Å². The largest absolute Gasteiger partial charge is 0.497 e.